The quantitative estimate of drug-likeness (QED) is 0.567. The number of hydrogen-bond acceptors (Lipinski definition) is 2. The van der Waals surface area contributed by atoms with Gasteiger partial charge in [0.1, 0.15) is 5.75 Å². The molecule has 0 N–H and O–H groups in total. The van der Waals surface area contributed by atoms with Crippen LogP contribution in [0.3, 0.4) is 0 Å². The van der Waals surface area contributed by atoms with E-state index in [1.807, 2.05) is 37.3 Å². The Balaban J connectivity index is 2.18. The Hall–Kier alpha value is -2.09. The molecular weight excluding hydrogens is 234 g/mol. The molecule has 2 heteroatoms. The summed E-state index contributed by atoms with van der Waals surface area (Å²) in [5.74, 6) is 1.57. The molecule has 2 nitrogen and oxygen atoms in total. The van der Waals surface area contributed by atoms with Crippen molar-refractivity contribution in [1.29, 1.82) is 0 Å². The van der Waals surface area contributed by atoms with Crippen molar-refractivity contribution in [2.75, 3.05) is 0 Å². The maximum atomic E-state index is 5.83. The maximum Gasteiger partial charge on any atom is 0.194 e. The van der Waals surface area contributed by atoms with E-state index in [2.05, 4.69) is 37.0 Å². The summed E-state index contributed by atoms with van der Waals surface area (Å²) in [6.07, 6.45) is 0.766. The molecule has 0 bridgehead atoms. The predicted octanol–water partition coefficient (Wildman–Crippen LogP) is 4.82. The molecule has 0 spiro atoms. The molecule has 0 unspecified atom stereocenters. The Morgan fingerprint density at radius 2 is 1.74 bits per heavy atom. The van der Waals surface area contributed by atoms with Crippen LogP contribution in [0.1, 0.15) is 24.5 Å². The zero-order valence-corrected chi connectivity index (χ0v) is 11.7. The summed E-state index contributed by atoms with van der Waals surface area (Å²) >= 11 is 0. The largest absolute Gasteiger partial charge is 0.443 e. The number of hydrogen-bond donors (Lipinski definition) is 0. The smallest absolute Gasteiger partial charge is 0.194 e. The van der Waals surface area contributed by atoms with Gasteiger partial charge >= 0.3 is 0 Å². The lowest BCUT2D eigenvalue weighted by Crippen LogP contribution is -2.06. The molecule has 0 amide bonds. The topological polar surface area (TPSA) is 21.6 Å². The molecule has 2 rings (SSSR count). The van der Waals surface area contributed by atoms with Crippen LogP contribution in [0.4, 0.5) is 5.69 Å². The SMILES string of the molecule is CCC(=Nc1ccc(C)cc1)Oc1cccc(C)c1. The van der Waals surface area contributed by atoms with Crippen LogP contribution in [0.5, 0.6) is 5.75 Å². The molecule has 2 aromatic carbocycles. The van der Waals surface area contributed by atoms with Crippen LogP contribution in [0.15, 0.2) is 53.5 Å². The minimum atomic E-state index is 0.731. The van der Waals surface area contributed by atoms with Crippen molar-refractivity contribution < 1.29 is 4.74 Å². The molecule has 0 fully saturated rings. The average molecular weight is 253 g/mol. The molecule has 0 saturated heterocycles. The Morgan fingerprint density at radius 3 is 2.37 bits per heavy atom. The summed E-state index contributed by atoms with van der Waals surface area (Å²) in [4.78, 5) is 4.54. The molecule has 0 aliphatic carbocycles. The summed E-state index contributed by atoms with van der Waals surface area (Å²) in [6, 6.07) is 16.1. The summed E-state index contributed by atoms with van der Waals surface area (Å²) < 4.78 is 5.83. The van der Waals surface area contributed by atoms with Gasteiger partial charge in [-0.15, -0.1) is 0 Å². The lowest BCUT2D eigenvalue weighted by atomic mass is 10.2. The van der Waals surface area contributed by atoms with Crippen LogP contribution in [0, 0.1) is 13.8 Å². The van der Waals surface area contributed by atoms with Gasteiger partial charge in [0.25, 0.3) is 0 Å². The maximum absolute atomic E-state index is 5.83. The van der Waals surface area contributed by atoms with Crippen LogP contribution in [-0.2, 0) is 0 Å². The lowest BCUT2D eigenvalue weighted by Gasteiger charge is -2.08. The minimum absolute atomic E-state index is 0.731. The second kappa shape index (κ2) is 6.19. The van der Waals surface area contributed by atoms with Gasteiger partial charge in [0, 0.05) is 6.42 Å². The molecule has 0 radical (unpaired) electrons. The van der Waals surface area contributed by atoms with Crippen LogP contribution < -0.4 is 4.74 Å². The molecule has 0 atom stereocenters. The molecule has 2 aromatic rings. The van der Waals surface area contributed by atoms with E-state index in [4.69, 9.17) is 4.74 Å². The number of rotatable bonds is 3. The molecule has 0 heterocycles. The summed E-state index contributed by atoms with van der Waals surface area (Å²) in [5, 5.41) is 0. The zero-order valence-electron chi connectivity index (χ0n) is 11.7. The molecule has 19 heavy (non-hydrogen) atoms. The van der Waals surface area contributed by atoms with Crippen molar-refractivity contribution in [2.24, 2.45) is 4.99 Å². The van der Waals surface area contributed by atoms with Crippen LogP contribution in [-0.4, -0.2) is 5.90 Å². The van der Waals surface area contributed by atoms with Crippen molar-refractivity contribution in [2.45, 2.75) is 27.2 Å². The Morgan fingerprint density at radius 1 is 1.00 bits per heavy atom. The zero-order chi connectivity index (χ0) is 13.7. The second-order valence-corrected chi connectivity index (χ2v) is 4.61. The third-order valence-electron chi connectivity index (χ3n) is 2.82. The van der Waals surface area contributed by atoms with Crippen molar-refractivity contribution in [1.82, 2.24) is 0 Å². The number of aliphatic imine (C=N–C) groups is 1. The summed E-state index contributed by atoms with van der Waals surface area (Å²) in [7, 11) is 0. The van der Waals surface area contributed by atoms with E-state index < -0.39 is 0 Å². The van der Waals surface area contributed by atoms with E-state index in [1.54, 1.807) is 0 Å². The molecule has 98 valence electrons. The first kappa shape index (κ1) is 13.3. The van der Waals surface area contributed by atoms with Gasteiger partial charge in [-0.05, 0) is 43.7 Å². The van der Waals surface area contributed by atoms with Gasteiger partial charge in [0.05, 0.1) is 5.69 Å². The average Bonchev–Trinajstić information content (AvgIpc) is 2.40. The van der Waals surface area contributed by atoms with Gasteiger partial charge in [-0.25, -0.2) is 4.99 Å². The molecule has 0 aromatic heterocycles. The Labute approximate surface area is 114 Å². The highest BCUT2D eigenvalue weighted by Gasteiger charge is 2.01. The number of benzene rings is 2. The highest BCUT2D eigenvalue weighted by Crippen LogP contribution is 2.17. The van der Waals surface area contributed by atoms with Crippen LogP contribution in [0.25, 0.3) is 0 Å². The fraction of sp³-hybridized carbons (Fsp3) is 0.235. The molecule has 0 aliphatic heterocycles. The first-order valence-electron chi connectivity index (χ1n) is 6.56. The lowest BCUT2D eigenvalue weighted by molar-refractivity contribution is 0.535. The monoisotopic (exact) mass is 253 g/mol. The molecular formula is C17H19NO. The summed E-state index contributed by atoms with van der Waals surface area (Å²) in [5.41, 5.74) is 3.34. The number of nitrogens with zero attached hydrogens (tertiary/aromatic N) is 1. The normalized spacial score (nSPS) is 11.4. The molecule has 0 saturated carbocycles. The first-order valence-corrected chi connectivity index (χ1v) is 6.56. The van der Waals surface area contributed by atoms with E-state index >= 15 is 0 Å². The van der Waals surface area contributed by atoms with E-state index in [-0.39, 0.29) is 0 Å². The fourth-order valence-corrected chi connectivity index (χ4v) is 1.75. The number of ether oxygens (including phenoxy) is 1. The minimum Gasteiger partial charge on any atom is -0.443 e. The fourth-order valence-electron chi connectivity index (χ4n) is 1.75. The van der Waals surface area contributed by atoms with Crippen molar-refractivity contribution in [3.63, 3.8) is 0 Å². The van der Waals surface area contributed by atoms with Gasteiger partial charge in [-0.1, -0.05) is 36.8 Å². The van der Waals surface area contributed by atoms with E-state index in [0.29, 0.717) is 0 Å². The van der Waals surface area contributed by atoms with Gasteiger partial charge in [-0.2, -0.15) is 0 Å². The third kappa shape index (κ3) is 3.95. The predicted molar refractivity (Wildman–Crippen MR) is 80.4 cm³/mol. The standard InChI is InChI=1S/C17H19NO/c1-4-17(18-15-10-8-13(2)9-11-15)19-16-7-5-6-14(3)12-16/h5-12H,4H2,1-3H3. The second-order valence-electron chi connectivity index (χ2n) is 4.61. The van der Waals surface area contributed by atoms with Gasteiger partial charge in [0.2, 0.25) is 0 Å². The highest BCUT2D eigenvalue weighted by molar-refractivity contribution is 5.81. The Kier molecular flexibility index (Phi) is 4.35. The Bertz CT molecular complexity index is 570. The van der Waals surface area contributed by atoms with Crippen LogP contribution >= 0.6 is 0 Å². The van der Waals surface area contributed by atoms with Crippen molar-refractivity contribution in [3.8, 4) is 5.75 Å². The van der Waals surface area contributed by atoms with E-state index in [9.17, 15) is 0 Å². The van der Waals surface area contributed by atoms with Gasteiger partial charge in [0.15, 0.2) is 5.90 Å². The van der Waals surface area contributed by atoms with Crippen LogP contribution in [0.2, 0.25) is 0 Å². The highest BCUT2D eigenvalue weighted by atomic mass is 16.5. The van der Waals surface area contributed by atoms with Crippen molar-refractivity contribution in [3.05, 3.63) is 59.7 Å². The van der Waals surface area contributed by atoms with Crippen molar-refractivity contribution >= 4 is 11.6 Å². The molecule has 0 aliphatic rings. The van der Waals surface area contributed by atoms with E-state index in [1.165, 1.54) is 11.1 Å². The summed E-state index contributed by atoms with van der Waals surface area (Å²) in [6.45, 7) is 6.16. The first-order chi connectivity index (χ1) is 9.17. The third-order valence-corrected chi connectivity index (χ3v) is 2.82. The van der Waals surface area contributed by atoms with E-state index in [0.717, 1.165) is 23.8 Å². The number of aryl methyl sites for hydroxylation is 2. The van der Waals surface area contributed by atoms with Gasteiger partial charge in [-0.3, -0.25) is 0 Å². The van der Waals surface area contributed by atoms with Gasteiger partial charge < -0.3 is 4.74 Å².